The molecule has 0 saturated heterocycles. The monoisotopic (exact) mass is 477 g/mol. The van der Waals surface area contributed by atoms with E-state index in [0.29, 0.717) is 0 Å². The van der Waals surface area contributed by atoms with Crippen LogP contribution in [0.4, 0.5) is 5.69 Å². The number of halogens is 1. The molecule has 0 aliphatic heterocycles. The van der Waals surface area contributed by atoms with Crippen molar-refractivity contribution in [3.63, 3.8) is 0 Å². The number of nitro benzene ring substituents is 1. The number of nitrogens with zero attached hydrogens (tertiary/aromatic N) is 1. The summed E-state index contributed by atoms with van der Waals surface area (Å²) in [7, 11) is -3.82. The van der Waals surface area contributed by atoms with E-state index in [-0.39, 0.29) is 17.0 Å². The molecule has 0 fully saturated rings. The van der Waals surface area contributed by atoms with Gasteiger partial charge < -0.3 is 0 Å². The minimum absolute atomic E-state index is 0.0488. The molecule has 144 valence electrons. The maximum absolute atomic E-state index is 13.3. The van der Waals surface area contributed by atoms with Crippen molar-refractivity contribution < 1.29 is 13.3 Å². The molecule has 5 nitrogen and oxygen atoms in total. The zero-order chi connectivity index (χ0) is 20.1. The predicted octanol–water partition coefficient (Wildman–Crippen LogP) is 5.49. The SMILES string of the molecule is O=[N+]([O-])c1cccc(S(=O)(=O)[C@H](Cc2ccccc2)Sc2ccc(Br)cc2)c1. The molecule has 0 spiro atoms. The van der Waals surface area contributed by atoms with E-state index in [1.54, 1.807) is 0 Å². The molecule has 0 amide bonds. The Hall–Kier alpha value is -2.16. The van der Waals surface area contributed by atoms with Gasteiger partial charge in [-0.05, 0) is 42.3 Å². The number of benzene rings is 3. The van der Waals surface area contributed by atoms with Crippen LogP contribution >= 0.6 is 27.7 Å². The lowest BCUT2D eigenvalue weighted by molar-refractivity contribution is -0.385. The normalized spacial score (nSPS) is 12.5. The second-order valence-corrected chi connectivity index (χ2v) is 10.6. The van der Waals surface area contributed by atoms with Gasteiger partial charge in [0.05, 0.1) is 9.82 Å². The van der Waals surface area contributed by atoms with Gasteiger partial charge in [0.2, 0.25) is 0 Å². The molecule has 0 heterocycles. The Balaban J connectivity index is 1.99. The average molecular weight is 478 g/mol. The molecule has 1 atom stereocenters. The first kappa shape index (κ1) is 20.6. The van der Waals surface area contributed by atoms with Gasteiger partial charge in [0.1, 0.15) is 4.58 Å². The van der Waals surface area contributed by atoms with Crippen molar-refractivity contribution in [2.75, 3.05) is 0 Å². The van der Waals surface area contributed by atoms with Gasteiger partial charge in [0.25, 0.3) is 5.69 Å². The van der Waals surface area contributed by atoms with Crippen molar-refractivity contribution >= 4 is 43.2 Å². The second kappa shape index (κ2) is 8.89. The summed E-state index contributed by atoms with van der Waals surface area (Å²) < 4.78 is 26.7. The Kier molecular flexibility index (Phi) is 6.53. The third kappa shape index (κ3) is 5.01. The van der Waals surface area contributed by atoms with Gasteiger partial charge >= 0.3 is 0 Å². The van der Waals surface area contributed by atoms with E-state index in [1.165, 1.54) is 30.0 Å². The number of hydrogen-bond acceptors (Lipinski definition) is 5. The second-order valence-electron chi connectivity index (χ2n) is 5.99. The van der Waals surface area contributed by atoms with Gasteiger partial charge in [0, 0.05) is 21.5 Å². The number of thioether (sulfide) groups is 1. The van der Waals surface area contributed by atoms with Gasteiger partial charge in [-0.15, -0.1) is 11.8 Å². The molecular formula is C20H16BrNO4S2. The van der Waals surface area contributed by atoms with Crippen LogP contribution in [0.15, 0.2) is 93.1 Å². The lowest BCUT2D eigenvalue weighted by Crippen LogP contribution is -2.21. The predicted molar refractivity (Wildman–Crippen MR) is 114 cm³/mol. The Morgan fingerprint density at radius 2 is 1.64 bits per heavy atom. The van der Waals surface area contributed by atoms with Crippen LogP contribution in [0.3, 0.4) is 0 Å². The van der Waals surface area contributed by atoms with Gasteiger partial charge in [-0.3, -0.25) is 10.1 Å². The fraction of sp³-hybridized carbons (Fsp3) is 0.100. The van der Waals surface area contributed by atoms with Gasteiger partial charge in [-0.2, -0.15) is 0 Å². The van der Waals surface area contributed by atoms with Crippen LogP contribution in [0.1, 0.15) is 5.56 Å². The first-order valence-electron chi connectivity index (χ1n) is 8.31. The van der Waals surface area contributed by atoms with Crippen molar-refractivity contribution in [2.24, 2.45) is 0 Å². The number of nitro groups is 1. The summed E-state index contributed by atoms with van der Waals surface area (Å²) in [6.07, 6.45) is 0.284. The number of non-ortho nitro benzene ring substituents is 1. The molecule has 8 heteroatoms. The van der Waals surface area contributed by atoms with E-state index >= 15 is 0 Å². The highest BCUT2D eigenvalue weighted by Crippen LogP contribution is 2.34. The maximum atomic E-state index is 13.3. The molecule has 0 aliphatic rings. The van der Waals surface area contributed by atoms with E-state index in [4.69, 9.17) is 0 Å². The van der Waals surface area contributed by atoms with Crippen LogP contribution in [0, 0.1) is 10.1 Å². The Morgan fingerprint density at radius 3 is 2.29 bits per heavy atom. The summed E-state index contributed by atoms with van der Waals surface area (Å²) in [5, 5.41) is 11.1. The molecule has 0 N–H and O–H groups in total. The summed E-state index contributed by atoms with van der Waals surface area (Å²) in [6, 6.07) is 21.9. The Morgan fingerprint density at radius 1 is 0.964 bits per heavy atom. The highest BCUT2D eigenvalue weighted by Gasteiger charge is 2.30. The van der Waals surface area contributed by atoms with Gasteiger partial charge in [-0.1, -0.05) is 52.3 Å². The van der Waals surface area contributed by atoms with Crippen molar-refractivity contribution in [3.8, 4) is 0 Å². The van der Waals surface area contributed by atoms with Crippen LogP contribution in [0.25, 0.3) is 0 Å². The Bertz CT molecular complexity index is 1070. The highest BCUT2D eigenvalue weighted by molar-refractivity contribution is 9.10. The van der Waals surface area contributed by atoms with E-state index in [9.17, 15) is 18.5 Å². The van der Waals surface area contributed by atoms with Crippen molar-refractivity contribution in [2.45, 2.75) is 20.8 Å². The van der Waals surface area contributed by atoms with Crippen molar-refractivity contribution in [3.05, 3.63) is 99.0 Å². The molecule has 28 heavy (non-hydrogen) atoms. The van der Waals surface area contributed by atoms with E-state index in [2.05, 4.69) is 15.9 Å². The zero-order valence-electron chi connectivity index (χ0n) is 14.6. The van der Waals surface area contributed by atoms with Crippen LogP contribution in [-0.2, 0) is 16.3 Å². The molecule has 0 saturated carbocycles. The van der Waals surface area contributed by atoms with E-state index in [0.717, 1.165) is 21.0 Å². The Labute approximate surface area is 176 Å². The fourth-order valence-corrected chi connectivity index (χ4v) is 6.19. The number of sulfone groups is 1. The molecule has 0 unspecified atom stereocenters. The molecule has 0 aliphatic carbocycles. The minimum atomic E-state index is -3.82. The highest BCUT2D eigenvalue weighted by atomic mass is 79.9. The molecule has 3 aromatic rings. The van der Waals surface area contributed by atoms with E-state index < -0.39 is 19.3 Å². The minimum Gasteiger partial charge on any atom is -0.258 e. The molecule has 0 aromatic heterocycles. The molecule has 3 aromatic carbocycles. The summed E-state index contributed by atoms with van der Waals surface area (Å²) in [4.78, 5) is 11.2. The zero-order valence-corrected chi connectivity index (χ0v) is 17.8. The number of hydrogen-bond donors (Lipinski definition) is 0. The van der Waals surface area contributed by atoms with E-state index in [1.807, 2.05) is 54.6 Å². The van der Waals surface area contributed by atoms with Crippen LogP contribution in [0.2, 0.25) is 0 Å². The van der Waals surface area contributed by atoms with Crippen molar-refractivity contribution in [1.29, 1.82) is 0 Å². The lowest BCUT2D eigenvalue weighted by Gasteiger charge is -2.18. The smallest absolute Gasteiger partial charge is 0.258 e. The maximum Gasteiger partial charge on any atom is 0.270 e. The van der Waals surface area contributed by atoms with Crippen LogP contribution in [-0.4, -0.2) is 17.9 Å². The largest absolute Gasteiger partial charge is 0.270 e. The summed E-state index contributed by atoms with van der Waals surface area (Å²) in [5.74, 6) is 0. The fourth-order valence-electron chi connectivity index (χ4n) is 2.61. The quantitative estimate of drug-likeness (QED) is 0.255. The third-order valence-electron chi connectivity index (χ3n) is 4.03. The van der Waals surface area contributed by atoms with Crippen LogP contribution < -0.4 is 0 Å². The topological polar surface area (TPSA) is 77.3 Å². The molecular weight excluding hydrogens is 462 g/mol. The summed E-state index contributed by atoms with van der Waals surface area (Å²) >= 11 is 4.60. The average Bonchev–Trinajstić information content (AvgIpc) is 2.70. The van der Waals surface area contributed by atoms with Crippen molar-refractivity contribution in [1.82, 2.24) is 0 Å². The van der Waals surface area contributed by atoms with Gasteiger partial charge in [-0.25, -0.2) is 8.42 Å². The third-order valence-corrected chi connectivity index (χ3v) is 8.35. The molecule has 0 bridgehead atoms. The first-order valence-corrected chi connectivity index (χ1v) is 11.5. The standard InChI is InChI=1S/C20H16BrNO4S2/c21-16-9-11-18(12-10-16)27-20(13-15-5-2-1-3-6-15)28(25,26)19-8-4-7-17(14-19)22(23)24/h1-12,14,20H,13H2/t20-/m1/s1. The van der Waals surface area contributed by atoms with Gasteiger partial charge in [0.15, 0.2) is 9.84 Å². The number of rotatable bonds is 7. The lowest BCUT2D eigenvalue weighted by atomic mass is 10.2. The summed E-state index contributed by atoms with van der Waals surface area (Å²) in [6.45, 7) is 0. The molecule has 3 rings (SSSR count). The molecule has 0 radical (unpaired) electrons. The summed E-state index contributed by atoms with van der Waals surface area (Å²) in [5.41, 5.74) is 0.638. The van der Waals surface area contributed by atoms with Crippen LogP contribution in [0.5, 0.6) is 0 Å². The first-order chi connectivity index (χ1) is 13.4.